The summed E-state index contributed by atoms with van der Waals surface area (Å²) in [5.41, 5.74) is 14.0. The summed E-state index contributed by atoms with van der Waals surface area (Å²) in [4.78, 5) is 10.2. The maximum atomic E-state index is 7.06. The second kappa shape index (κ2) is 12.5. The number of aromatic nitrogens is 3. The van der Waals surface area contributed by atoms with Crippen molar-refractivity contribution in [2.75, 3.05) is 0 Å². The average molecular weight is 732 g/mol. The van der Waals surface area contributed by atoms with E-state index in [-0.39, 0.29) is 0 Å². The number of hydrogen-bond acceptors (Lipinski definition) is 4. The van der Waals surface area contributed by atoms with Crippen molar-refractivity contribution in [2.45, 2.75) is 12.8 Å². The van der Waals surface area contributed by atoms with Crippen LogP contribution in [0.2, 0.25) is 0 Å². The Labute approximate surface area is 327 Å². The lowest BCUT2D eigenvalue weighted by Gasteiger charge is -2.12. The lowest BCUT2D eigenvalue weighted by molar-refractivity contribution is 0.568. The van der Waals surface area contributed by atoms with Crippen LogP contribution in [0.4, 0.5) is 0 Å². The summed E-state index contributed by atoms with van der Waals surface area (Å²) in [6.45, 7) is 0. The fourth-order valence-corrected chi connectivity index (χ4v) is 8.85. The van der Waals surface area contributed by atoms with E-state index < -0.39 is 0 Å². The molecule has 0 N–H and O–H groups in total. The van der Waals surface area contributed by atoms with Gasteiger partial charge in [0, 0.05) is 66.2 Å². The van der Waals surface area contributed by atoms with Gasteiger partial charge in [-0.1, -0.05) is 127 Å². The predicted molar refractivity (Wildman–Crippen MR) is 232 cm³/mol. The molecule has 0 atom stereocenters. The summed E-state index contributed by atoms with van der Waals surface area (Å²) in [5, 5.41) is 6.83. The fraction of sp³-hybridized carbons (Fsp3) is 0.0385. The van der Waals surface area contributed by atoms with E-state index in [1.807, 2.05) is 36.4 Å². The van der Waals surface area contributed by atoms with Crippen LogP contribution in [0, 0.1) is 0 Å². The highest BCUT2D eigenvalue weighted by atomic mass is 16.3. The number of hydrogen-bond donors (Lipinski definition) is 0. The molecule has 5 heteroatoms. The first-order valence-electron chi connectivity index (χ1n) is 19.5. The van der Waals surface area contributed by atoms with Crippen molar-refractivity contribution in [1.82, 2.24) is 14.5 Å². The van der Waals surface area contributed by atoms with Crippen LogP contribution in [0.1, 0.15) is 18.5 Å². The van der Waals surface area contributed by atoms with Crippen LogP contribution in [0.5, 0.6) is 0 Å². The van der Waals surface area contributed by atoms with Gasteiger partial charge in [-0.05, 0) is 60.9 Å². The molecule has 11 aromatic rings. The van der Waals surface area contributed by atoms with Gasteiger partial charge in [0.15, 0.2) is 5.82 Å². The molecule has 0 spiro atoms. The summed E-state index contributed by atoms with van der Waals surface area (Å²) in [5.74, 6) is 0.705. The van der Waals surface area contributed by atoms with Crippen molar-refractivity contribution >= 4 is 66.4 Å². The van der Waals surface area contributed by atoms with Gasteiger partial charge in [-0.3, -0.25) is 0 Å². The summed E-state index contributed by atoms with van der Waals surface area (Å²) in [6.07, 6.45) is 4.04. The van der Waals surface area contributed by atoms with Crippen LogP contribution < -0.4 is 10.6 Å². The molecule has 0 bridgehead atoms. The van der Waals surface area contributed by atoms with E-state index in [1.54, 1.807) is 0 Å². The summed E-state index contributed by atoms with van der Waals surface area (Å²) in [6, 6.07) is 59.4. The molecule has 7 aromatic carbocycles. The van der Waals surface area contributed by atoms with Gasteiger partial charge in [0.2, 0.25) is 0 Å². The molecule has 57 heavy (non-hydrogen) atoms. The molecule has 1 aliphatic rings. The normalized spacial score (nSPS) is 12.9. The van der Waals surface area contributed by atoms with Crippen molar-refractivity contribution in [2.24, 2.45) is 0 Å². The molecule has 0 aliphatic heterocycles. The highest BCUT2D eigenvalue weighted by molar-refractivity contribution is 6.18. The summed E-state index contributed by atoms with van der Waals surface area (Å²) < 4.78 is 15.8. The number of para-hydroxylation sites is 3. The lowest BCUT2D eigenvalue weighted by atomic mass is 9.97. The van der Waals surface area contributed by atoms with E-state index in [0.717, 1.165) is 112 Å². The van der Waals surface area contributed by atoms with Gasteiger partial charge in [-0.2, -0.15) is 0 Å². The Balaban J connectivity index is 1.08. The minimum Gasteiger partial charge on any atom is -0.456 e. The lowest BCUT2D eigenvalue weighted by Crippen LogP contribution is -2.26. The van der Waals surface area contributed by atoms with Gasteiger partial charge in [-0.15, -0.1) is 0 Å². The Kier molecular flexibility index (Phi) is 6.99. The van der Waals surface area contributed by atoms with Gasteiger partial charge >= 0.3 is 0 Å². The minimum absolute atomic E-state index is 0.705. The van der Waals surface area contributed by atoms with E-state index in [4.69, 9.17) is 18.8 Å². The molecule has 12 rings (SSSR count). The standard InChI is InChI=1S/C52H33N3O2/c1-4-14-32(15-5-1)44-30-45(54-52(53-44)33-16-6-2-7-17-33)40-24-13-23-39-38-22-12-21-36(50(38)57-51(39)40)34-26-27-46-41(28-34)42-29-43-37-20-10-11-25-48(37)56-49(43)31-47(42)55(46)35-18-8-3-9-19-35/h1-12,14-23,25-31H,13,24H2. The molecule has 5 nitrogen and oxygen atoms in total. The quantitative estimate of drug-likeness (QED) is 0.177. The van der Waals surface area contributed by atoms with E-state index in [2.05, 4.69) is 144 Å². The van der Waals surface area contributed by atoms with E-state index >= 15 is 0 Å². The smallest absolute Gasteiger partial charge is 0.160 e. The number of furan rings is 2. The predicted octanol–water partition coefficient (Wildman–Crippen LogP) is 12.0. The molecule has 0 unspecified atom stereocenters. The third-order valence-electron chi connectivity index (χ3n) is 11.5. The zero-order chi connectivity index (χ0) is 37.5. The van der Waals surface area contributed by atoms with Crippen LogP contribution >= 0.6 is 0 Å². The van der Waals surface area contributed by atoms with Crippen molar-refractivity contribution < 1.29 is 8.83 Å². The van der Waals surface area contributed by atoms with Crippen LogP contribution in [0.3, 0.4) is 0 Å². The van der Waals surface area contributed by atoms with Crippen molar-refractivity contribution in [3.63, 3.8) is 0 Å². The van der Waals surface area contributed by atoms with E-state index in [9.17, 15) is 0 Å². The average Bonchev–Trinajstić information content (AvgIpc) is 3.95. The molecule has 1 aliphatic carbocycles. The van der Waals surface area contributed by atoms with Gasteiger partial charge in [0.25, 0.3) is 0 Å². The van der Waals surface area contributed by atoms with Crippen molar-refractivity contribution in [1.29, 1.82) is 0 Å². The SMILES string of the molecule is C1=c2c(oc3c(-c4ccc5c(c4)c4cc6c(cc4n5-c4ccccc4)oc4ccccc46)cccc23)=C(c2cc(-c3ccccc3)nc(-c3ccccc3)n2)CC1. The molecule has 0 saturated heterocycles. The topological polar surface area (TPSA) is 57.0 Å². The second-order valence-electron chi connectivity index (χ2n) is 14.8. The second-order valence-corrected chi connectivity index (χ2v) is 14.8. The zero-order valence-corrected chi connectivity index (χ0v) is 30.8. The van der Waals surface area contributed by atoms with Gasteiger partial charge in [0.05, 0.1) is 22.4 Å². The van der Waals surface area contributed by atoms with E-state index in [1.165, 1.54) is 10.8 Å². The molecule has 0 amide bonds. The number of fused-ring (bicyclic) bond motifs is 9. The molecular weight excluding hydrogens is 699 g/mol. The Bertz CT molecular complexity index is 3450. The molecule has 268 valence electrons. The monoisotopic (exact) mass is 731 g/mol. The van der Waals surface area contributed by atoms with Crippen LogP contribution in [-0.4, -0.2) is 14.5 Å². The largest absolute Gasteiger partial charge is 0.456 e. The molecular formula is C52H33N3O2. The fourth-order valence-electron chi connectivity index (χ4n) is 8.85. The molecule has 0 fully saturated rings. The first-order valence-corrected chi connectivity index (χ1v) is 19.5. The third kappa shape index (κ3) is 5.02. The van der Waals surface area contributed by atoms with E-state index in [0.29, 0.717) is 5.82 Å². The van der Waals surface area contributed by atoms with Crippen molar-refractivity contribution in [3.8, 4) is 39.5 Å². The summed E-state index contributed by atoms with van der Waals surface area (Å²) in [7, 11) is 0. The Morgan fingerprint density at radius 1 is 0.474 bits per heavy atom. The molecule has 0 radical (unpaired) electrons. The molecule has 0 saturated carbocycles. The number of nitrogens with zero attached hydrogens (tertiary/aromatic N) is 3. The maximum Gasteiger partial charge on any atom is 0.160 e. The van der Waals surface area contributed by atoms with Crippen molar-refractivity contribution in [3.05, 3.63) is 186 Å². The minimum atomic E-state index is 0.705. The van der Waals surface area contributed by atoms with Crippen LogP contribution in [-0.2, 0) is 0 Å². The number of rotatable bonds is 5. The highest BCUT2D eigenvalue weighted by Crippen LogP contribution is 2.40. The van der Waals surface area contributed by atoms with Crippen LogP contribution in [0.15, 0.2) is 179 Å². The van der Waals surface area contributed by atoms with Gasteiger partial charge in [-0.25, -0.2) is 9.97 Å². The first-order chi connectivity index (χ1) is 28.2. The van der Waals surface area contributed by atoms with Gasteiger partial charge in [0.1, 0.15) is 22.2 Å². The van der Waals surface area contributed by atoms with Crippen LogP contribution in [0.25, 0.3) is 106 Å². The molecule has 4 heterocycles. The van der Waals surface area contributed by atoms with Gasteiger partial charge < -0.3 is 13.4 Å². The highest BCUT2D eigenvalue weighted by Gasteiger charge is 2.21. The maximum absolute atomic E-state index is 7.06. The molecule has 4 aromatic heterocycles. The Morgan fingerprint density at radius 2 is 1.19 bits per heavy atom. The Morgan fingerprint density at radius 3 is 2.04 bits per heavy atom. The zero-order valence-electron chi connectivity index (χ0n) is 30.8. The first kappa shape index (κ1) is 31.8. The Hall–Kier alpha value is -7.50. The number of benzene rings is 7. The summed E-state index contributed by atoms with van der Waals surface area (Å²) >= 11 is 0. The third-order valence-corrected chi connectivity index (χ3v) is 11.5.